The predicted molar refractivity (Wildman–Crippen MR) is 64.4 cm³/mol. The molecule has 88 valence electrons. The third-order valence-corrected chi connectivity index (χ3v) is 3.99. The van der Waals surface area contributed by atoms with Gasteiger partial charge in [0.05, 0.1) is 23.9 Å². The summed E-state index contributed by atoms with van der Waals surface area (Å²) in [4.78, 5) is 4.29. The van der Waals surface area contributed by atoms with Crippen LogP contribution in [-0.2, 0) is 9.31 Å². The monoisotopic (exact) mass is 241 g/mol. The molecule has 1 fully saturated rings. The van der Waals surface area contributed by atoms with E-state index in [2.05, 4.69) is 4.98 Å². The molecule has 0 bridgehead atoms. The molecule has 1 aromatic rings. The maximum Gasteiger partial charge on any atom is 0.515 e. The smallest absolute Gasteiger partial charge is 0.473 e. The molecule has 2 heterocycles. The van der Waals surface area contributed by atoms with Gasteiger partial charge in [0.2, 0.25) is 0 Å². The molecule has 1 aromatic heterocycles. The van der Waals surface area contributed by atoms with Crippen LogP contribution in [0.5, 0.6) is 5.19 Å². The van der Waals surface area contributed by atoms with Crippen LogP contribution in [0.4, 0.5) is 0 Å². The normalized spacial score (nSPS) is 22.4. The van der Waals surface area contributed by atoms with Crippen molar-refractivity contribution in [2.45, 2.75) is 38.9 Å². The number of rotatable bonds is 2. The van der Waals surface area contributed by atoms with Crippen molar-refractivity contribution in [1.29, 1.82) is 0 Å². The van der Waals surface area contributed by atoms with Gasteiger partial charge in [-0.25, -0.2) is 4.98 Å². The molecule has 0 aliphatic carbocycles. The van der Waals surface area contributed by atoms with Gasteiger partial charge in [0.15, 0.2) is 0 Å². The molecule has 1 aliphatic heterocycles. The topological polar surface area (TPSA) is 40.6 Å². The second-order valence-electron chi connectivity index (χ2n) is 4.83. The van der Waals surface area contributed by atoms with E-state index in [1.807, 2.05) is 33.1 Å². The average Bonchev–Trinajstić information content (AvgIpc) is 2.70. The molecule has 0 amide bonds. The van der Waals surface area contributed by atoms with Gasteiger partial charge >= 0.3 is 7.12 Å². The van der Waals surface area contributed by atoms with Gasteiger partial charge in [-0.3, -0.25) is 0 Å². The maximum absolute atomic E-state index is 5.87. The van der Waals surface area contributed by atoms with Gasteiger partial charge in [-0.05, 0) is 27.7 Å². The highest BCUT2D eigenvalue weighted by Gasteiger charge is 2.52. The first-order valence-corrected chi connectivity index (χ1v) is 6.09. The highest BCUT2D eigenvalue weighted by Crippen LogP contribution is 2.36. The van der Waals surface area contributed by atoms with Gasteiger partial charge in [-0.2, -0.15) is 0 Å². The highest BCUT2D eigenvalue weighted by molar-refractivity contribution is 7.12. The first-order chi connectivity index (χ1) is 7.36. The minimum absolute atomic E-state index is 0.325. The van der Waals surface area contributed by atoms with Crippen molar-refractivity contribution < 1.29 is 14.0 Å². The van der Waals surface area contributed by atoms with E-state index in [1.54, 1.807) is 7.11 Å². The molecule has 1 aliphatic rings. The lowest BCUT2D eigenvalue weighted by atomic mass is 9.86. The van der Waals surface area contributed by atoms with Crippen molar-refractivity contribution in [3.8, 4) is 5.19 Å². The minimum Gasteiger partial charge on any atom is -0.473 e. The fourth-order valence-corrected chi connectivity index (χ4v) is 2.07. The second kappa shape index (κ2) is 3.72. The molecule has 0 N–H and O–H groups in total. The molecule has 0 aromatic carbocycles. The van der Waals surface area contributed by atoms with Crippen LogP contribution in [0, 0.1) is 0 Å². The Morgan fingerprint density at radius 2 is 1.81 bits per heavy atom. The summed E-state index contributed by atoms with van der Waals surface area (Å²) < 4.78 is 16.8. The number of aromatic nitrogens is 1. The molecule has 1 saturated heterocycles. The van der Waals surface area contributed by atoms with Gasteiger partial charge in [-0.15, -0.1) is 0 Å². The summed E-state index contributed by atoms with van der Waals surface area (Å²) in [6, 6.07) is 0. The third kappa shape index (κ3) is 1.85. The zero-order valence-corrected chi connectivity index (χ0v) is 11.1. The van der Waals surface area contributed by atoms with E-state index >= 15 is 0 Å². The Hall–Kier alpha value is -0.585. The van der Waals surface area contributed by atoms with E-state index < -0.39 is 7.12 Å². The summed E-state index contributed by atoms with van der Waals surface area (Å²) >= 11 is 1.44. The van der Waals surface area contributed by atoms with Crippen LogP contribution in [0.25, 0.3) is 0 Å². The summed E-state index contributed by atoms with van der Waals surface area (Å²) in [5.74, 6) is 0. The van der Waals surface area contributed by atoms with Gasteiger partial charge in [0.1, 0.15) is 0 Å². The average molecular weight is 241 g/mol. The quantitative estimate of drug-likeness (QED) is 0.735. The Morgan fingerprint density at radius 3 is 2.25 bits per heavy atom. The Morgan fingerprint density at radius 1 is 1.25 bits per heavy atom. The van der Waals surface area contributed by atoms with Crippen LogP contribution in [0.3, 0.4) is 0 Å². The Kier molecular flexibility index (Phi) is 2.76. The first kappa shape index (κ1) is 11.9. The number of hydrogen-bond donors (Lipinski definition) is 0. The van der Waals surface area contributed by atoms with E-state index in [0.29, 0.717) is 5.19 Å². The van der Waals surface area contributed by atoms with E-state index in [0.717, 1.165) is 5.59 Å². The summed E-state index contributed by atoms with van der Waals surface area (Å²) in [5, 5.41) is 2.53. The van der Waals surface area contributed by atoms with E-state index in [-0.39, 0.29) is 11.2 Å². The minimum atomic E-state index is -0.398. The lowest BCUT2D eigenvalue weighted by molar-refractivity contribution is 0.00578. The zero-order valence-electron chi connectivity index (χ0n) is 10.2. The van der Waals surface area contributed by atoms with Gasteiger partial charge in [-0.1, -0.05) is 11.3 Å². The van der Waals surface area contributed by atoms with Crippen molar-refractivity contribution in [3.63, 3.8) is 0 Å². The lowest BCUT2D eigenvalue weighted by Crippen LogP contribution is -2.41. The van der Waals surface area contributed by atoms with Crippen LogP contribution >= 0.6 is 11.3 Å². The molecule has 0 atom stereocenters. The molecular weight excluding hydrogens is 225 g/mol. The lowest BCUT2D eigenvalue weighted by Gasteiger charge is -2.32. The van der Waals surface area contributed by atoms with E-state index in [4.69, 9.17) is 14.0 Å². The summed E-state index contributed by atoms with van der Waals surface area (Å²) in [7, 11) is 1.21. The van der Waals surface area contributed by atoms with Crippen LogP contribution in [-0.4, -0.2) is 30.4 Å². The van der Waals surface area contributed by atoms with Crippen molar-refractivity contribution in [3.05, 3.63) is 5.38 Å². The molecular formula is C10H16BNO3S. The fourth-order valence-electron chi connectivity index (χ4n) is 1.43. The number of methoxy groups -OCH3 is 1. The summed E-state index contributed by atoms with van der Waals surface area (Å²) in [5.41, 5.74) is 0.128. The number of nitrogens with zero attached hydrogens (tertiary/aromatic N) is 1. The van der Waals surface area contributed by atoms with Crippen molar-refractivity contribution in [1.82, 2.24) is 4.98 Å². The van der Waals surface area contributed by atoms with Crippen molar-refractivity contribution in [2.24, 2.45) is 0 Å². The van der Waals surface area contributed by atoms with Crippen LogP contribution < -0.4 is 10.3 Å². The van der Waals surface area contributed by atoms with Gasteiger partial charge in [0.25, 0.3) is 5.19 Å². The van der Waals surface area contributed by atoms with E-state index in [9.17, 15) is 0 Å². The van der Waals surface area contributed by atoms with E-state index in [1.165, 1.54) is 11.3 Å². The fraction of sp³-hybridized carbons (Fsp3) is 0.700. The maximum atomic E-state index is 5.87. The Labute approximate surface area is 100 Å². The molecule has 2 rings (SSSR count). The number of ether oxygens (including phenoxy) is 1. The molecule has 0 unspecified atom stereocenters. The van der Waals surface area contributed by atoms with Crippen LogP contribution in [0.15, 0.2) is 5.38 Å². The molecule has 0 radical (unpaired) electrons. The first-order valence-electron chi connectivity index (χ1n) is 5.21. The van der Waals surface area contributed by atoms with Gasteiger partial charge in [0, 0.05) is 5.38 Å². The molecule has 0 saturated carbocycles. The van der Waals surface area contributed by atoms with Crippen LogP contribution in [0.1, 0.15) is 27.7 Å². The largest absolute Gasteiger partial charge is 0.515 e. The molecule has 16 heavy (non-hydrogen) atoms. The third-order valence-electron chi connectivity index (χ3n) is 3.17. The van der Waals surface area contributed by atoms with Gasteiger partial charge < -0.3 is 14.0 Å². The highest BCUT2D eigenvalue weighted by atomic mass is 32.1. The second-order valence-corrected chi connectivity index (χ2v) is 5.65. The van der Waals surface area contributed by atoms with Crippen LogP contribution in [0.2, 0.25) is 0 Å². The van der Waals surface area contributed by atoms with Crippen molar-refractivity contribution >= 4 is 24.0 Å². The number of hydrogen-bond acceptors (Lipinski definition) is 5. The summed E-state index contributed by atoms with van der Waals surface area (Å²) in [6.45, 7) is 8.10. The summed E-state index contributed by atoms with van der Waals surface area (Å²) in [6.07, 6.45) is 0. The molecule has 6 heteroatoms. The molecule has 0 spiro atoms. The SMILES string of the molecule is COc1nc(B2OC(C)(C)C(C)(C)O2)cs1. The molecule has 4 nitrogen and oxygen atoms in total. The van der Waals surface area contributed by atoms with Crippen molar-refractivity contribution in [2.75, 3.05) is 7.11 Å². The standard InChI is InChI=1S/C10H16BNO3S/c1-9(2)10(3,4)15-11(14-9)7-6-16-8(12-7)13-5/h6H,1-5H3. The Bertz CT molecular complexity index is 375. The number of thiazole rings is 1. The Balaban J connectivity index is 2.20. The predicted octanol–water partition coefficient (Wildman–Crippen LogP) is 1.45. The zero-order chi connectivity index (χ0) is 12.0.